The van der Waals surface area contributed by atoms with Gasteiger partial charge in [0.15, 0.2) is 0 Å². The summed E-state index contributed by atoms with van der Waals surface area (Å²) in [6.07, 6.45) is 1.39. The van der Waals surface area contributed by atoms with Gasteiger partial charge in [-0.3, -0.25) is 0 Å². The lowest BCUT2D eigenvalue weighted by Gasteiger charge is -2.23. The van der Waals surface area contributed by atoms with Crippen molar-refractivity contribution in [1.29, 1.82) is 0 Å². The zero-order chi connectivity index (χ0) is 20.6. The van der Waals surface area contributed by atoms with E-state index >= 15 is 0 Å². The van der Waals surface area contributed by atoms with Crippen molar-refractivity contribution in [3.8, 4) is 0 Å². The summed E-state index contributed by atoms with van der Waals surface area (Å²) in [6, 6.07) is 16.2. The summed E-state index contributed by atoms with van der Waals surface area (Å²) < 4.78 is 10.7. The molecular formula is C23H27NO4. The maximum absolute atomic E-state index is 12.7. The van der Waals surface area contributed by atoms with Crippen LogP contribution < -0.4 is 5.32 Å². The van der Waals surface area contributed by atoms with E-state index in [4.69, 9.17) is 9.47 Å². The standard InChI is InChI=1S/C23H27NO4/c1-5-17-12-9-13-19(14-17)16-27-21(25)20(15-18-10-7-6-8-11-18)24-22(26)28-23(2,3)4/h5-14,20H,1,15-16H2,2-4H3,(H,24,26)/t20-/m0/s1. The predicted octanol–water partition coefficient (Wildman–Crippen LogP) is 4.51. The zero-order valence-electron chi connectivity index (χ0n) is 16.6. The number of carbonyl (C=O) groups is 2. The second kappa shape index (κ2) is 9.74. The van der Waals surface area contributed by atoms with Gasteiger partial charge in [0, 0.05) is 6.42 Å². The molecule has 0 aliphatic carbocycles. The van der Waals surface area contributed by atoms with Crippen LogP contribution in [0.3, 0.4) is 0 Å². The van der Waals surface area contributed by atoms with Crippen molar-refractivity contribution in [3.63, 3.8) is 0 Å². The van der Waals surface area contributed by atoms with Crippen LogP contribution in [0.5, 0.6) is 0 Å². The first-order chi connectivity index (χ1) is 13.3. The Morgan fingerprint density at radius 1 is 1.07 bits per heavy atom. The highest BCUT2D eigenvalue weighted by Gasteiger charge is 2.26. The van der Waals surface area contributed by atoms with Crippen molar-refractivity contribution < 1.29 is 19.1 Å². The van der Waals surface area contributed by atoms with E-state index in [0.717, 1.165) is 16.7 Å². The van der Waals surface area contributed by atoms with Gasteiger partial charge in [-0.05, 0) is 43.5 Å². The van der Waals surface area contributed by atoms with Crippen molar-refractivity contribution >= 4 is 18.1 Å². The molecule has 0 saturated heterocycles. The lowest BCUT2D eigenvalue weighted by atomic mass is 10.1. The van der Waals surface area contributed by atoms with Crippen LogP contribution in [0.2, 0.25) is 0 Å². The van der Waals surface area contributed by atoms with Crippen molar-refractivity contribution in [1.82, 2.24) is 5.32 Å². The maximum Gasteiger partial charge on any atom is 0.408 e. The summed E-state index contributed by atoms with van der Waals surface area (Å²) in [5, 5.41) is 2.63. The zero-order valence-corrected chi connectivity index (χ0v) is 16.6. The predicted molar refractivity (Wildman–Crippen MR) is 110 cm³/mol. The third-order valence-electron chi connectivity index (χ3n) is 3.83. The van der Waals surface area contributed by atoms with Crippen LogP contribution in [0.25, 0.3) is 6.08 Å². The van der Waals surface area contributed by atoms with Crippen LogP contribution in [-0.4, -0.2) is 23.7 Å². The number of hydrogen-bond acceptors (Lipinski definition) is 4. The van der Waals surface area contributed by atoms with Gasteiger partial charge < -0.3 is 14.8 Å². The highest BCUT2D eigenvalue weighted by Crippen LogP contribution is 2.11. The smallest absolute Gasteiger partial charge is 0.408 e. The number of ether oxygens (including phenoxy) is 2. The lowest BCUT2D eigenvalue weighted by molar-refractivity contribution is -0.147. The highest BCUT2D eigenvalue weighted by atomic mass is 16.6. The molecule has 1 N–H and O–H groups in total. The molecule has 0 aliphatic rings. The number of benzene rings is 2. The first-order valence-corrected chi connectivity index (χ1v) is 9.18. The Morgan fingerprint density at radius 2 is 1.75 bits per heavy atom. The normalized spacial score (nSPS) is 12.0. The van der Waals surface area contributed by atoms with E-state index in [1.807, 2.05) is 54.6 Å². The number of nitrogens with one attached hydrogen (secondary N) is 1. The van der Waals surface area contributed by atoms with Crippen molar-refractivity contribution in [3.05, 3.63) is 77.9 Å². The molecule has 28 heavy (non-hydrogen) atoms. The first-order valence-electron chi connectivity index (χ1n) is 9.18. The van der Waals surface area contributed by atoms with Crippen molar-refractivity contribution in [2.45, 2.75) is 45.4 Å². The quantitative estimate of drug-likeness (QED) is 0.717. The summed E-state index contributed by atoms with van der Waals surface area (Å²) >= 11 is 0. The fraction of sp³-hybridized carbons (Fsp3) is 0.304. The molecule has 2 rings (SSSR count). The molecule has 5 heteroatoms. The fourth-order valence-corrected chi connectivity index (χ4v) is 2.56. The van der Waals surface area contributed by atoms with E-state index in [1.165, 1.54) is 0 Å². The third-order valence-corrected chi connectivity index (χ3v) is 3.83. The molecule has 2 aromatic rings. The van der Waals surface area contributed by atoms with Gasteiger partial charge in [-0.2, -0.15) is 0 Å². The molecule has 0 spiro atoms. The van der Waals surface area contributed by atoms with Crippen LogP contribution >= 0.6 is 0 Å². The van der Waals surface area contributed by atoms with E-state index < -0.39 is 23.7 Å². The SMILES string of the molecule is C=Cc1cccc(COC(=O)[C@H](Cc2ccccc2)NC(=O)OC(C)(C)C)c1. The molecular weight excluding hydrogens is 354 g/mol. The molecule has 0 bridgehead atoms. The number of rotatable bonds is 7. The molecule has 0 fully saturated rings. The summed E-state index contributed by atoms with van der Waals surface area (Å²) in [7, 11) is 0. The molecule has 148 valence electrons. The van der Waals surface area contributed by atoms with E-state index in [2.05, 4.69) is 11.9 Å². The minimum atomic E-state index is -0.847. The summed E-state index contributed by atoms with van der Waals surface area (Å²) in [4.78, 5) is 24.8. The van der Waals surface area contributed by atoms with E-state index in [1.54, 1.807) is 26.8 Å². The average Bonchev–Trinajstić information content (AvgIpc) is 2.65. The molecule has 0 aliphatic heterocycles. The number of amides is 1. The number of hydrogen-bond donors (Lipinski definition) is 1. The van der Waals surface area contributed by atoms with Crippen LogP contribution in [0.4, 0.5) is 4.79 Å². The second-order valence-electron chi connectivity index (χ2n) is 7.45. The van der Waals surface area contributed by atoms with Crippen molar-refractivity contribution in [2.24, 2.45) is 0 Å². The van der Waals surface area contributed by atoms with E-state index in [9.17, 15) is 9.59 Å². The maximum atomic E-state index is 12.7. The molecule has 0 aromatic heterocycles. The van der Waals surface area contributed by atoms with Crippen LogP contribution in [0, 0.1) is 0 Å². The lowest BCUT2D eigenvalue weighted by Crippen LogP contribution is -2.45. The molecule has 2 aromatic carbocycles. The van der Waals surface area contributed by atoms with Gasteiger partial charge in [0.05, 0.1) is 0 Å². The Labute approximate surface area is 166 Å². The third kappa shape index (κ3) is 7.27. The highest BCUT2D eigenvalue weighted by molar-refractivity contribution is 5.81. The molecule has 0 radical (unpaired) electrons. The Morgan fingerprint density at radius 3 is 2.39 bits per heavy atom. The minimum absolute atomic E-state index is 0.113. The summed E-state index contributed by atoms with van der Waals surface area (Å²) in [5.74, 6) is -0.515. The fourth-order valence-electron chi connectivity index (χ4n) is 2.56. The van der Waals surface area contributed by atoms with Gasteiger partial charge in [-0.25, -0.2) is 9.59 Å². The minimum Gasteiger partial charge on any atom is -0.459 e. The summed E-state index contributed by atoms with van der Waals surface area (Å²) in [5.41, 5.74) is 2.05. The average molecular weight is 381 g/mol. The second-order valence-corrected chi connectivity index (χ2v) is 7.45. The molecule has 0 unspecified atom stereocenters. The van der Waals surface area contributed by atoms with Gasteiger partial charge in [0.1, 0.15) is 18.2 Å². The van der Waals surface area contributed by atoms with Gasteiger partial charge in [-0.15, -0.1) is 0 Å². The van der Waals surface area contributed by atoms with Crippen LogP contribution in [0.1, 0.15) is 37.5 Å². The Kier molecular flexibility index (Phi) is 7.38. The topological polar surface area (TPSA) is 64.6 Å². The largest absolute Gasteiger partial charge is 0.459 e. The molecule has 0 heterocycles. The van der Waals surface area contributed by atoms with Gasteiger partial charge in [0.2, 0.25) is 0 Å². The van der Waals surface area contributed by atoms with E-state index in [0.29, 0.717) is 6.42 Å². The molecule has 1 atom stereocenters. The first kappa shape index (κ1) is 21.2. The molecule has 1 amide bonds. The molecule has 0 saturated carbocycles. The Bertz CT molecular complexity index is 809. The van der Waals surface area contributed by atoms with Gasteiger partial charge in [0.25, 0.3) is 0 Å². The van der Waals surface area contributed by atoms with Gasteiger partial charge >= 0.3 is 12.1 Å². The summed E-state index contributed by atoms with van der Waals surface area (Å²) in [6.45, 7) is 9.15. The van der Waals surface area contributed by atoms with Crippen molar-refractivity contribution in [2.75, 3.05) is 0 Å². The van der Waals surface area contributed by atoms with E-state index in [-0.39, 0.29) is 6.61 Å². The number of alkyl carbamates (subject to hydrolysis) is 1. The van der Waals surface area contributed by atoms with Crippen LogP contribution in [-0.2, 0) is 27.3 Å². The Hall–Kier alpha value is -3.08. The number of carbonyl (C=O) groups excluding carboxylic acids is 2. The number of esters is 1. The molecule has 5 nitrogen and oxygen atoms in total. The monoisotopic (exact) mass is 381 g/mol. The Balaban J connectivity index is 2.06. The van der Waals surface area contributed by atoms with Gasteiger partial charge in [-0.1, -0.05) is 61.2 Å². The van der Waals surface area contributed by atoms with Crippen LogP contribution in [0.15, 0.2) is 61.2 Å².